The molecule has 0 radical (unpaired) electrons. The fourth-order valence-corrected chi connectivity index (χ4v) is 10.1. The van der Waals surface area contributed by atoms with Crippen LogP contribution < -0.4 is 4.74 Å². The summed E-state index contributed by atoms with van der Waals surface area (Å²) in [5.41, 5.74) is 12.7. The molecule has 0 saturated carbocycles. The van der Waals surface area contributed by atoms with Crippen LogP contribution in [0.5, 0.6) is 11.5 Å². The summed E-state index contributed by atoms with van der Waals surface area (Å²) >= 11 is 0. The lowest BCUT2D eigenvalue weighted by Gasteiger charge is -2.39. The molecule has 0 unspecified atom stereocenters. The number of ether oxygens (including phenoxy) is 1. The molecule has 0 N–H and O–H groups in total. The van der Waals surface area contributed by atoms with Gasteiger partial charge in [0, 0.05) is 33.0 Å². The van der Waals surface area contributed by atoms with Gasteiger partial charge < -0.3 is 4.74 Å². The standard InChI is InChI=1S/C56H34N4O/c1-3-15-35(16-4-1)36-27-29-39(30-28-36)54-57-53(38-18-5-2-6-19-38)58-55(59-54)60-48-32-31-37-17-7-8-20-40(37)52(48)43-33-51-47(34-49(43)60)56(46-25-13-14-26-50(46)61-51)44-23-11-9-21-41(44)42-22-10-12-24-45(42)56/h1-34H. The van der Waals surface area contributed by atoms with Crippen LogP contribution in [0.2, 0.25) is 0 Å². The lowest BCUT2D eigenvalue weighted by molar-refractivity contribution is 0.437. The minimum absolute atomic E-state index is 0.546. The maximum Gasteiger partial charge on any atom is 0.238 e. The SMILES string of the molecule is c1ccc(-c2ccc(-c3nc(-c4ccccc4)nc(-n4c5cc6c(cc5c5c7ccccc7ccc54)Oc4ccccc4C64c5ccccc5-c5ccccc54)n3)cc2)cc1. The second kappa shape index (κ2) is 12.9. The molecule has 0 saturated heterocycles. The third-order valence-electron chi connectivity index (χ3n) is 12.7. The highest BCUT2D eigenvalue weighted by Gasteiger charge is 2.51. The van der Waals surface area contributed by atoms with Gasteiger partial charge in [0.25, 0.3) is 0 Å². The summed E-state index contributed by atoms with van der Waals surface area (Å²) in [4.78, 5) is 15.9. The number of nitrogens with zero attached hydrogens (tertiary/aromatic N) is 4. The van der Waals surface area contributed by atoms with E-state index in [1.165, 1.54) is 22.3 Å². The van der Waals surface area contributed by atoms with Crippen LogP contribution in [0.3, 0.4) is 0 Å². The average molecular weight is 779 g/mol. The van der Waals surface area contributed by atoms with Crippen molar-refractivity contribution < 1.29 is 4.74 Å². The van der Waals surface area contributed by atoms with Crippen molar-refractivity contribution >= 4 is 32.6 Å². The van der Waals surface area contributed by atoms with E-state index < -0.39 is 5.41 Å². The smallest absolute Gasteiger partial charge is 0.238 e. The predicted molar refractivity (Wildman–Crippen MR) is 245 cm³/mol. The van der Waals surface area contributed by atoms with Crippen molar-refractivity contribution in [3.8, 4) is 62.5 Å². The van der Waals surface area contributed by atoms with Gasteiger partial charge in [-0.3, -0.25) is 4.57 Å². The van der Waals surface area contributed by atoms with Crippen LogP contribution in [0, 0.1) is 0 Å². The molecule has 9 aromatic carbocycles. The first-order valence-corrected chi connectivity index (χ1v) is 20.7. The zero-order valence-electron chi connectivity index (χ0n) is 32.8. The van der Waals surface area contributed by atoms with Gasteiger partial charge in [-0.25, -0.2) is 4.98 Å². The first-order valence-electron chi connectivity index (χ1n) is 20.7. The van der Waals surface area contributed by atoms with Crippen LogP contribution in [0.25, 0.3) is 83.6 Å². The van der Waals surface area contributed by atoms with Crippen molar-refractivity contribution in [2.75, 3.05) is 0 Å². The predicted octanol–water partition coefficient (Wildman–Crippen LogP) is 13.6. The number of fused-ring (bicyclic) bond motifs is 14. The first kappa shape index (κ1) is 33.8. The maximum absolute atomic E-state index is 7.02. The molecule has 11 aromatic rings. The molecule has 5 nitrogen and oxygen atoms in total. The summed E-state index contributed by atoms with van der Waals surface area (Å²) in [6.45, 7) is 0. The van der Waals surface area contributed by atoms with Crippen LogP contribution in [0.15, 0.2) is 206 Å². The Morgan fingerprint density at radius 3 is 1.66 bits per heavy atom. The molecule has 2 aliphatic rings. The van der Waals surface area contributed by atoms with Crippen molar-refractivity contribution in [2.24, 2.45) is 0 Å². The van der Waals surface area contributed by atoms with E-state index in [0.717, 1.165) is 77.5 Å². The van der Waals surface area contributed by atoms with Crippen molar-refractivity contribution in [1.82, 2.24) is 19.5 Å². The molecule has 61 heavy (non-hydrogen) atoms. The molecule has 0 fully saturated rings. The fourth-order valence-electron chi connectivity index (χ4n) is 10.1. The Morgan fingerprint density at radius 2 is 0.934 bits per heavy atom. The monoisotopic (exact) mass is 778 g/mol. The maximum atomic E-state index is 7.02. The van der Waals surface area contributed by atoms with Crippen molar-refractivity contribution in [1.29, 1.82) is 0 Å². The number of aromatic nitrogens is 4. The van der Waals surface area contributed by atoms with Crippen LogP contribution >= 0.6 is 0 Å². The number of rotatable bonds is 4. The van der Waals surface area contributed by atoms with Gasteiger partial charge in [-0.15, -0.1) is 0 Å². The molecule has 0 amide bonds. The summed E-state index contributed by atoms with van der Waals surface area (Å²) in [5.74, 6) is 3.45. The van der Waals surface area contributed by atoms with Crippen LogP contribution in [-0.2, 0) is 5.41 Å². The Hall–Kier alpha value is -8.15. The Bertz CT molecular complexity index is 3510. The molecule has 2 aromatic heterocycles. The molecular weight excluding hydrogens is 745 g/mol. The topological polar surface area (TPSA) is 52.8 Å². The number of benzene rings is 9. The molecule has 1 spiro atoms. The Labute approximate surface area is 351 Å². The van der Waals surface area contributed by atoms with E-state index in [1.807, 2.05) is 24.3 Å². The minimum Gasteiger partial charge on any atom is -0.457 e. The average Bonchev–Trinajstić information content (AvgIpc) is 3.82. The van der Waals surface area contributed by atoms with Gasteiger partial charge in [0.2, 0.25) is 5.95 Å². The summed E-state index contributed by atoms with van der Waals surface area (Å²) in [5, 5.41) is 4.50. The number of hydrogen-bond donors (Lipinski definition) is 0. The number of para-hydroxylation sites is 1. The molecule has 284 valence electrons. The Morgan fingerprint density at radius 1 is 0.377 bits per heavy atom. The summed E-state index contributed by atoms with van der Waals surface area (Å²) in [6, 6.07) is 73.0. The molecule has 0 bridgehead atoms. The second-order valence-electron chi connectivity index (χ2n) is 15.9. The van der Waals surface area contributed by atoms with E-state index in [0.29, 0.717) is 17.6 Å². The van der Waals surface area contributed by atoms with E-state index in [1.54, 1.807) is 0 Å². The highest BCUT2D eigenvalue weighted by molar-refractivity contribution is 6.21. The van der Waals surface area contributed by atoms with Gasteiger partial charge >= 0.3 is 0 Å². The van der Waals surface area contributed by atoms with Gasteiger partial charge in [0.05, 0.1) is 16.4 Å². The molecule has 1 aliphatic carbocycles. The van der Waals surface area contributed by atoms with Gasteiger partial charge in [-0.05, 0) is 68.4 Å². The Kier molecular flexibility index (Phi) is 7.16. The highest BCUT2D eigenvalue weighted by atomic mass is 16.5. The first-order chi connectivity index (χ1) is 30.2. The Balaban J connectivity index is 1.13. The summed E-state index contributed by atoms with van der Waals surface area (Å²) in [6.07, 6.45) is 0. The van der Waals surface area contributed by atoms with E-state index in [2.05, 4.69) is 187 Å². The van der Waals surface area contributed by atoms with Crippen molar-refractivity contribution in [3.05, 3.63) is 229 Å². The van der Waals surface area contributed by atoms with Gasteiger partial charge in [-0.1, -0.05) is 182 Å². The normalized spacial score (nSPS) is 13.2. The molecule has 1 aliphatic heterocycles. The fraction of sp³-hybridized carbons (Fsp3) is 0.0179. The van der Waals surface area contributed by atoms with Crippen LogP contribution in [-0.4, -0.2) is 19.5 Å². The van der Waals surface area contributed by atoms with E-state index in [-0.39, 0.29) is 0 Å². The zero-order valence-corrected chi connectivity index (χ0v) is 32.8. The van der Waals surface area contributed by atoms with Crippen molar-refractivity contribution in [2.45, 2.75) is 5.41 Å². The van der Waals surface area contributed by atoms with E-state index in [4.69, 9.17) is 19.7 Å². The lowest BCUT2D eigenvalue weighted by atomic mass is 9.66. The zero-order chi connectivity index (χ0) is 40.1. The van der Waals surface area contributed by atoms with E-state index >= 15 is 0 Å². The molecule has 0 atom stereocenters. The highest BCUT2D eigenvalue weighted by Crippen LogP contribution is 2.62. The second-order valence-corrected chi connectivity index (χ2v) is 15.9. The van der Waals surface area contributed by atoms with Crippen LogP contribution in [0.1, 0.15) is 22.3 Å². The largest absolute Gasteiger partial charge is 0.457 e. The third-order valence-corrected chi connectivity index (χ3v) is 12.7. The third kappa shape index (κ3) is 4.86. The number of hydrogen-bond acceptors (Lipinski definition) is 4. The summed E-state index contributed by atoms with van der Waals surface area (Å²) in [7, 11) is 0. The molecule has 5 heteroatoms. The summed E-state index contributed by atoms with van der Waals surface area (Å²) < 4.78 is 9.27. The quantitative estimate of drug-likeness (QED) is 0.179. The van der Waals surface area contributed by atoms with E-state index in [9.17, 15) is 0 Å². The van der Waals surface area contributed by atoms with Crippen molar-refractivity contribution in [3.63, 3.8) is 0 Å². The van der Waals surface area contributed by atoms with Gasteiger partial charge in [-0.2, -0.15) is 9.97 Å². The van der Waals surface area contributed by atoms with Gasteiger partial charge in [0.15, 0.2) is 11.6 Å². The molecular formula is C56H34N4O. The molecule has 3 heterocycles. The lowest BCUT2D eigenvalue weighted by Crippen LogP contribution is -2.32. The van der Waals surface area contributed by atoms with Crippen LogP contribution in [0.4, 0.5) is 0 Å². The van der Waals surface area contributed by atoms with Gasteiger partial charge in [0.1, 0.15) is 11.5 Å². The molecule has 13 rings (SSSR count). The minimum atomic E-state index is -0.630.